The van der Waals surface area contributed by atoms with Crippen LogP contribution in [0, 0.1) is 6.92 Å². The van der Waals surface area contributed by atoms with E-state index in [-0.39, 0.29) is 5.91 Å². The van der Waals surface area contributed by atoms with Crippen molar-refractivity contribution in [3.05, 3.63) is 88.2 Å². The average Bonchev–Trinajstić information content (AvgIpc) is 2.69. The summed E-state index contributed by atoms with van der Waals surface area (Å²) in [4.78, 5) is 20.7. The molecular weight excluding hydrogens is 360 g/mol. The van der Waals surface area contributed by atoms with E-state index in [0.717, 1.165) is 22.6 Å². The lowest BCUT2D eigenvalue weighted by atomic mass is 10.1. The van der Waals surface area contributed by atoms with E-state index in [1.807, 2.05) is 55.5 Å². The lowest BCUT2D eigenvalue weighted by Gasteiger charge is -2.08. The molecule has 5 nitrogen and oxygen atoms in total. The van der Waals surface area contributed by atoms with Crippen LogP contribution in [0.3, 0.4) is 0 Å². The minimum atomic E-state index is -0.189. The summed E-state index contributed by atoms with van der Waals surface area (Å²) in [5.41, 5.74) is 3.85. The zero-order chi connectivity index (χ0) is 19.1. The van der Waals surface area contributed by atoms with Crippen LogP contribution in [0.1, 0.15) is 27.0 Å². The molecule has 0 aliphatic rings. The number of amides is 1. The van der Waals surface area contributed by atoms with Gasteiger partial charge in [0, 0.05) is 30.5 Å². The second-order valence-electron chi connectivity index (χ2n) is 6.21. The van der Waals surface area contributed by atoms with Gasteiger partial charge in [0.25, 0.3) is 5.91 Å². The van der Waals surface area contributed by atoms with Gasteiger partial charge in [-0.05, 0) is 42.2 Å². The van der Waals surface area contributed by atoms with Crippen LogP contribution in [-0.2, 0) is 13.0 Å². The van der Waals surface area contributed by atoms with Crippen LogP contribution in [0.5, 0.6) is 0 Å². The molecule has 1 aromatic heterocycles. The number of rotatable bonds is 7. The molecule has 1 heterocycles. The molecule has 2 aromatic carbocycles. The van der Waals surface area contributed by atoms with Crippen molar-refractivity contribution >= 4 is 23.5 Å². The Hall–Kier alpha value is -2.92. The van der Waals surface area contributed by atoms with Crippen molar-refractivity contribution in [1.82, 2.24) is 15.3 Å². The first-order chi connectivity index (χ1) is 13.1. The van der Waals surface area contributed by atoms with Crippen molar-refractivity contribution in [1.29, 1.82) is 0 Å². The summed E-state index contributed by atoms with van der Waals surface area (Å²) in [6, 6.07) is 15.7. The average molecular weight is 381 g/mol. The number of aromatic nitrogens is 2. The zero-order valence-corrected chi connectivity index (χ0v) is 15.8. The molecule has 0 radical (unpaired) electrons. The monoisotopic (exact) mass is 380 g/mol. The molecule has 0 spiro atoms. The van der Waals surface area contributed by atoms with Crippen LogP contribution in [0.25, 0.3) is 0 Å². The highest BCUT2D eigenvalue weighted by Crippen LogP contribution is 2.10. The van der Waals surface area contributed by atoms with Gasteiger partial charge >= 0.3 is 0 Å². The third-order valence-corrected chi connectivity index (χ3v) is 4.48. The van der Waals surface area contributed by atoms with E-state index in [1.165, 1.54) is 18.0 Å². The third kappa shape index (κ3) is 5.53. The maximum atomic E-state index is 12.2. The highest BCUT2D eigenvalue weighted by molar-refractivity contribution is 6.30. The Kier molecular flexibility index (Phi) is 6.39. The number of hydrogen-bond donors (Lipinski definition) is 2. The summed E-state index contributed by atoms with van der Waals surface area (Å²) in [5.74, 6) is 0.311. The highest BCUT2D eigenvalue weighted by Gasteiger charge is 2.07. The van der Waals surface area contributed by atoms with Gasteiger partial charge in [0.2, 0.25) is 5.95 Å². The van der Waals surface area contributed by atoms with E-state index in [1.54, 1.807) is 0 Å². The second kappa shape index (κ2) is 9.14. The summed E-state index contributed by atoms with van der Waals surface area (Å²) in [7, 11) is 0. The molecule has 0 bridgehead atoms. The molecule has 0 aliphatic heterocycles. The Morgan fingerprint density at radius 2 is 1.74 bits per heavy atom. The normalized spacial score (nSPS) is 10.4. The van der Waals surface area contributed by atoms with Crippen LogP contribution < -0.4 is 10.6 Å². The van der Waals surface area contributed by atoms with Gasteiger partial charge in [-0.25, -0.2) is 9.97 Å². The molecule has 6 heteroatoms. The summed E-state index contributed by atoms with van der Waals surface area (Å²) < 4.78 is 0. The second-order valence-corrected chi connectivity index (χ2v) is 6.64. The lowest BCUT2D eigenvalue weighted by Crippen LogP contribution is -2.23. The summed E-state index contributed by atoms with van der Waals surface area (Å²) in [6.07, 6.45) is 3.90. The van der Waals surface area contributed by atoms with E-state index in [4.69, 9.17) is 11.6 Å². The molecule has 3 aromatic rings. The fourth-order valence-electron chi connectivity index (χ4n) is 2.59. The van der Waals surface area contributed by atoms with Gasteiger partial charge in [0.05, 0.1) is 5.56 Å². The van der Waals surface area contributed by atoms with E-state index in [9.17, 15) is 4.79 Å². The zero-order valence-electron chi connectivity index (χ0n) is 15.1. The Bertz CT molecular complexity index is 895. The smallest absolute Gasteiger partial charge is 0.254 e. The topological polar surface area (TPSA) is 66.9 Å². The Morgan fingerprint density at radius 1 is 1.04 bits per heavy atom. The van der Waals surface area contributed by atoms with Gasteiger partial charge in [-0.1, -0.05) is 48.0 Å². The molecule has 3 rings (SSSR count). The van der Waals surface area contributed by atoms with Crippen molar-refractivity contribution < 1.29 is 4.79 Å². The number of anilines is 1. The summed E-state index contributed by atoms with van der Waals surface area (Å²) in [6.45, 7) is 3.20. The van der Waals surface area contributed by atoms with Gasteiger partial charge in [-0.3, -0.25) is 4.79 Å². The number of carbonyl (C=O) groups is 1. The van der Waals surface area contributed by atoms with Gasteiger partial charge in [0.1, 0.15) is 0 Å². The van der Waals surface area contributed by atoms with Gasteiger partial charge < -0.3 is 10.6 Å². The molecule has 138 valence electrons. The van der Waals surface area contributed by atoms with Gasteiger partial charge in [-0.15, -0.1) is 0 Å². The van der Waals surface area contributed by atoms with E-state index >= 15 is 0 Å². The van der Waals surface area contributed by atoms with Crippen LogP contribution in [-0.4, -0.2) is 22.4 Å². The molecule has 0 fully saturated rings. The van der Waals surface area contributed by atoms with Crippen LogP contribution in [0.4, 0.5) is 5.95 Å². The molecular formula is C21H21ClN4O. The Labute approximate surface area is 163 Å². The van der Waals surface area contributed by atoms with Crippen molar-refractivity contribution in [3.63, 3.8) is 0 Å². The molecule has 0 aliphatic carbocycles. The maximum Gasteiger partial charge on any atom is 0.254 e. The quantitative estimate of drug-likeness (QED) is 0.649. The summed E-state index contributed by atoms with van der Waals surface area (Å²) >= 11 is 5.88. The number of halogens is 1. The van der Waals surface area contributed by atoms with Crippen LogP contribution >= 0.6 is 11.6 Å². The molecule has 0 saturated heterocycles. The fraction of sp³-hybridized carbons (Fsp3) is 0.190. The molecule has 0 unspecified atom stereocenters. The fourth-order valence-corrected chi connectivity index (χ4v) is 2.72. The molecule has 0 saturated carbocycles. The highest BCUT2D eigenvalue weighted by atomic mass is 35.5. The standard InChI is InChI=1S/C21H21ClN4O/c1-15-4-2-3-5-17(15)12-24-20(27)18-13-25-21(26-14-18)23-11-10-16-6-8-19(22)9-7-16/h2-9,13-14H,10-12H2,1H3,(H,24,27)(H,23,25,26). The van der Waals surface area contributed by atoms with Crippen molar-refractivity contribution in [2.75, 3.05) is 11.9 Å². The third-order valence-electron chi connectivity index (χ3n) is 4.22. The summed E-state index contributed by atoms with van der Waals surface area (Å²) in [5, 5.41) is 6.77. The van der Waals surface area contributed by atoms with Crippen molar-refractivity contribution in [2.24, 2.45) is 0 Å². The van der Waals surface area contributed by atoms with E-state index in [2.05, 4.69) is 20.6 Å². The lowest BCUT2D eigenvalue weighted by molar-refractivity contribution is 0.0950. The molecule has 0 atom stereocenters. The largest absolute Gasteiger partial charge is 0.354 e. The number of hydrogen-bond acceptors (Lipinski definition) is 4. The van der Waals surface area contributed by atoms with Crippen molar-refractivity contribution in [2.45, 2.75) is 19.9 Å². The maximum absolute atomic E-state index is 12.2. The first kappa shape index (κ1) is 18.9. The molecule has 27 heavy (non-hydrogen) atoms. The van der Waals surface area contributed by atoms with Crippen molar-refractivity contribution in [3.8, 4) is 0 Å². The minimum absolute atomic E-state index is 0.189. The minimum Gasteiger partial charge on any atom is -0.354 e. The van der Waals surface area contributed by atoms with Gasteiger partial charge in [0.15, 0.2) is 0 Å². The van der Waals surface area contributed by atoms with E-state index < -0.39 is 0 Å². The Balaban J connectivity index is 1.48. The first-order valence-corrected chi connectivity index (χ1v) is 9.12. The van der Waals surface area contributed by atoms with Crippen LogP contribution in [0.2, 0.25) is 5.02 Å². The SMILES string of the molecule is Cc1ccccc1CNC(=O)c1cnc(NCCc2ccc(Cl)cc2)nc1. The number of nitrogens with one attached hydrogen (secondary N) is 2. The number of carbonyl (C=O) groups excluding carboxylic acids is 1. The van der Waals surface area contributed by atoms with Gasteiger partial charge in [-0.2, -0.15) is 0 Å². The molecule has 2 N–H and O–H groups in total. The molecule has 1 amide bonds. The number of benzene rings is 2. The Morgan fingerprint density at radius 3 is 2.44 bits per heavy atom. The predicted octanol–water partition coefficient (Wildman–Crippen LogP) is 4.02. The first-order valence-electron chi connectivity index (χ1n) is 8.75. The number of aryl methyl sites for hydroxylation is 1. The van der Waals surface area contributed by atoms with Crippen LogP contribution in [0.15, 0.2) is 60.9 Å². The number of nitrogens with zero attached hydrogens (tertiary/aromatic N) is 2. The van der Waals surface area contributed by atoms with E-state index in [0.29, 0.717) is 24.6 Å². The predicted molar refractivity (Wildman–Crippen MR) is 108 cm³/mol.